The van der Waals surface area contributed by atoms with Crippen molar-refractivity contribution in [3.8, 4) is 0 Å². The molecule has 0 bridgehead atoms. The van der Waals surface area contributed by atoms with E-state index >= 15 is 0 Å². The van der Waals surface area contributed by atoms with Crippen molar-refractivity contribution < 1.29 is 19.0 Å². The van der Waals surface area contributed by atoms with Gasteiger partial charge in [0, 0.05) is 0 Å². The second kappa shape index (κ2) is 10.3. The summed E-state index contributed by atoms with van der Waals surface area (Å²) in [4.78, 5) is 20.8. The molecule has 6 nitrogen and oxygen atoms in total. The molecule has 0 N–H and O–H groups in total. The van der Waals surface area contributed by atoms with Crippen LogP contribution in [0.25, 0.3) is 20.4 Å². The Kier molecular flexibility index (Phi) is 7.47. The first kappa shape index (κ1) is 22.5. The van der Waals surface area contributed by atoms with Crippen LogP contribution in [-0.2, 0) is 32.2 Å². The molecule has 2 heterocycles. The molecule has 4 aromatic rings. The molecule has 2 aromatic carbocycles. The van der Waals surface area contributed by atoms with Crippen LogP contribution in [0.2, 0.25) is 0 Å². The highest BCUT2D eigenvalue weighted by Crippen LogP contribution is 2.26. The smallest absolute Gasteiger partial charge is 0.313 e. The number of methoxy groups -OCH3 is 1. The van der Waals surface area contributed by atoms with Gasteiger partial charge in [0.15, 0.2) is 0 Å². The van der Waals surface area contributed by atoms with Crippen LogP contribution in [0.15, 0.2) is 45.1 Å². The van der Waals surface area contributed by atoms with Gasteiger partial charge in [-0.2, -0.15) is 0 Å². The standard InChI is InChI=1S/C21H20N2O4S4/c1-25-19(24)14(10-26-8-12-2-4-15-17(6-12)30-20(28)22-15)11-27-9-13-3-5-16-18(7-13)31-21(29)23-16/h2-7,14H,8-11H2,1H3,(H,22,28)(H,23,29). The molecule has 4 rings (SSSR count). The van der Waals surface area contributed by atoms with Crippen LogP contribution >= 0.6 is 47.9 Å². The summed E-state index contributed by atoms with van der Waals surface area (Å²) in [6, 6.07) is 11.9. The normalized spacial score (nSPS) is 11.6. The summed E-state index contributed by atoms with van der Waals surface area (Å²) < 4.78 is 20.1. The lowest BCUT2D eigenvalue weighted by molar-refractivity contribution is -0.150. The molecule has 0 saturated carbocycles. The molecule has 162 valence electrons. The van der Waals surface area contributed by atoms with Crippen molar-refractivity contribution in [1.29, 1.82) is 0 Å². The fraction of sp³-hybridized carbons (Fsp3) is 0.286. The number of ether oxygens (including phenoxy) is 3. The van der Waals surface area contributed by atoms with Crippen molar-refractivity contribution in [3.05, 3.63) is 47.5 Å². The molecule has 10 heteroatoms. The molecule has 0 radical (unpaired) electrons. The Hall–Kier alpha value is -1.69. The largest absolute Gasteiger partial charge is 0.469 e. The Morgan fingerprint density at radius 2 is 1.39 bits per heavy atom. The van der Waals surface area contributed by atoms with E-state index in [0.717, 1.165) is 40.2 Å². The maximum absolute atomic E-state index is 12.1. The van der Waals surface area contributed by atoms with Gasteiger partial charge in [0.1, 0.15) is 14.6 Å². The van der Waals surface area contributed by atoms with Gasteiger partial charge in [-0.25, -0.2) is 9.97 Å². The third-order valence-electron chi connectivity index (χ3n) is 4.59. The maximum atomic E-state index is 12.1. The quantitative estimate of drug-likeness (QED) is 0.253. The van der Waals surface area contributed by atoms with Gasteiger partial charge in [0.2, 0.25) is 0 Å². The number of carbonyl (C=O) groups is 1. The fourth-order valence-electron chi connectivity index (χ4n) is 3.08. The molecule has 0 aliphatic rings. The summed E-state index contributed by atoms with van der Waals surface area (Å²) in [7, 11) is 1.37. The Morgan fingerprint density at radius 1 is 0.903 bits per heavy atom. The van der Waals surface area contributed by atoms with Crippen LogP contribution in [0.1, 0.15) is 11.1 Å². The summed E-state index contributed by atoms with van der Waals surface area (Å²) in [6.07, 6.45) is 0. The molecule has 31 heavy (non-hydrogen) atoms. The minimum atomic E-state index is -0.502. The number of hydrogen-bond donors (Lipinski definition) is 2. The van der Waals surface area contributed by atoms with E-state index in [0.29, 0.717) is 13.2 Å². The maximum Gasteiger partial charge on any atom is 0.313 e. The topological polar surface area (TPSA) is 70.5 Å². The van der Waals surface area contributed by atoms with Crippen LogP contribution in [0, 0.1) is 5.92 Å². The Bertz CT molecular complexity index is 1120. The first-order chi connectivity index (χ1) is 15.0. The van der Waals surface area contributed by atoms with Crippen molar-refractivity contribution >= 4 is 74.3 Å². The van der Waals surface area contributed by atoms with Gasteiger partial charge in [-0.1, -0.05) is 12.1 Å². The van der Waals surface area contributed by atoms with E-state index in [1.165, 1.54) is 29.8 Å². The summed E-state index contributed by atoms with van der Waals surface area (Å²) in [6.45, 7) is 1.19. The second-order valence-corrected chi connectivity index (χ2v) is 10.4. The van der Waals surface area contributed by atoms with Crippen molar-refractivity contribution in [2.24, 2.45) is 5.92 Å². The highest BCUT2D eigenvalue weighted by atomic mass is 32.2. The molecule has 2 aromatic heterocycles. The molecule has 0 fully saturated rings. The SMILES string of the molecule is COC(=O)C(COCc1ccc2nc(S)sc2c1)COCc1ccc2nc(S)sc2c1. The van der Waals surface area contributed by atoms with Crippen LogP contribution in [-0.4, -0.2) is 36.3 Å². The summed E-state index contributed by atoms with van der Waals surface area (Å²) in [5.74, 6) is -0.854. The first-order valence-electron chi connectivity index (χ1n) is 9.42. The number of hydrogen-bond acceptors (Lipinski definition) is 10. The van der Waals surface area contributed by atoms with E-state index in [-0.39, 0.29) is 19.2 Å². The predicted octanol–water partition coefficient (Wildman–Crippen LogP) is 5.01. The van der Waals surface area contributed by atoms with Crippen molar-refractivity contribution in [2.75, 3.05) is 20.3 Å². The number of rotatable bonds is 9. The van der Waals surface area contributed by atoms with Gasteiger partial charge in [-0.3, -0.25) is 4.79 Å². The van der Waals surface area contributed by atoms with Gasteiger partial charge in [0.05, 0.1) is 54.0 Å². The fourth-order valence-corrected chi connectivity index (χ4v) is 5.43. The first-order valence-corrected chi connectivity index (χ1v) is 11.9. The number of benzene rings is 2. The predicted molar refractivity (Wildman–Crippen MR) is 129 cm³/mol. The third-order valence-corrected chi connectivity index (χ3v) is 6.98. The summed E-state index contributed by atoms with van der Waals surface area (Å²) in [5.41, 5.74) is 3.86. The summed E-state index contributed by atoms with van der Waals surface area (Å²) >= 11 is 11.6. The zero-order valence-electron chi connectivity index (χ0n) is 16.6. The molecule has 0 saturated heterocycles. The number of carbonyl (C=O) groups excluding carboxylic acids is 1. The lowest BCUT2D eigenvalue weighted by Crippen LogP contribution is -2.26. The third kappa shape index (κ3) is 5.76. The van der Waals surface area contributed by atoms with Gasteiger partial charge in [-0.05, 0) is 35.4 Å². The number of thiol groups is 2. The molecule has 0 atom stereocenters. The second-order valence-electron chi connectivity index (χ2n) is 6.85. The van der Waals surface area contributed by atoms with Crippen LogP contribution in [0.5, 0.6) is 0 Å². The van der Waals surface area contributed by atoms with E-state index in [4.69, 9.17) is 14.2 Å². The molecule has 0 aliphatic heterocycles. The number of thiazole rings is 2. The number of fused-ring (bicyclic) bond motifs is 2. The Balaban J connectivity index is 1.30. The van der Waals surface area contributed by atoms with E-state index in [1.54, 1.807) is 0 Å². The van der Waals surface area contributed by atoms with Crippen LogP contribution < -0.4 is 0 Å². The van der Waals surface area contributed by atoms with Gasteiger partial charge < -0.3 is 14.2 Å². The van der Waals surface area contributed by atoms with Gasteiger partial charge >= 0.3 is 5.97 Å². The van der Waals surface area contributed by atoms with Crippen LogP contribution in [0.3, 0.4) is 0 Å². The zero-order chi connectivity index (χ0) is 21.8. The Labute approximate surface area is 198 Å². The number of nitrogens with zero attached hydrogens (tertiary/aromatic N) is 2. The summed E-state index contributed by atoms with van der Waals surface area (Å²) in [5, 5.41) is 0. The van der Waals surface area contributed by atoms with Crippen molar-refractivity contribution in [3.63, 3.8) is 0 Å². The lowest BCUT2D eigenvalue weighted by Gasteiger charge is -2.15. The molecule has 0 spiro atoms. The Morgan fingerprint density at radius 3 is 1.84 bits per heavy atom. The van der Waals surface area contributed by atoms with E-state index in [2.05, 4.69) is 35.2 Å². The van der Waals surface area contributed by atoms with Gasteiger partial charge in [0.25, 0.3) is 0 Å². The van der Waals surface area contributed by atoms with Gasteiger partial charge in [-0.15, -0.1) is 47.9 Å². The van der Waals surface area contributed by atoms with E-state index < -0.39 is 5.92 Å². The minimum absolute atomic E-state index is 0.210. The number of esters is 1. The molecule has 0 amide bonds. The van der Waals surface area contributed by atoms with E-state index in [1.807, 2.05) is 36.4 Å². The lowest BCUT2D eigenvalue weighted by atomic mass is 10.1. The molecule has 0 unspecified atom stereocenters. The average molecular weight is 493 g/mol. The monoisotopic (exact) mass is 492 g/mol. The minimum Gasteiger partial charge on any atom is -0.469 e. The average Bonchev–Trinajstić information content (AvgIpc) is 3.31. The van der Waals surface area contributed by atoms with E-state index in [9.17, 15) is 4.79 Å². The van der Waals surface area contributed by atoms with Crippen molar-refractivity contribution in [2.45, 2.75) is 21.9 Å². The van der Waals surface area contributed by atoms with Crippen LogP contribution in [0.4, 0.5) is 0 Å². The zero-order valence-corrected chi connectivity index (χ0v) is 20.0. The molecule has 0 aliphatic carbocycles. The molecular weight excluding hydrogens is 473 g/mol. The highest BCUT2D eigenvalue weighted by molar-refractivity contribution is 7.83. The molecular formula is C21H20N2O4S4. The highest BCUT2D eigenvalue weighted by Gasteiger charge is 2.20. The number of aromatic nitrogens is 2. The van der Waals surface area contributed by atoms with Crippen molar-refractivity contribution in [1.82, 2.24) is 9.97 Å².